The Balaban J connectivity index is 3.09. The fourth-order valence-electron chi connectivity index (χ4n) is 1.78. The van der Waals surface area contributed by atoms with Gasteiger partial charge in [0, 0.05) is 5.69 Å². The van der Waals surface area contributed by atoms with E-state index in [-0.39, 0.29) is 24.3 Å². The highest BCUT2D eigenvalue weighted by molar-refractivity contribution is 6.02. The van der Waals surface area contributed by atoms with E-state index < -0.39 is 17.8 Å². The lowest BCUT2D eigenvalue weighted by molar-refractivity contribution is -0.144. The fraction of sp³-hybridized carbons (Fsp3) is 0.357. The van der Waals surface area contributed by atoms with Gasteiger partial charge >= 0.3 is 11.9 Å². The van der Waals surface area contributed by atoms with Gasteiger partial charge in [0.25, 0.3) is 5.91 Å². The molecule has 0 aliphatic carbocycles. The molecule has 0 fully saturated rings. The Morgan fingerprint density at radius 3 is 2.05 bits per heavy atom. The molecule has 7 heteroatoms. The molecule has 0 unspecified atom stereocenters. The molecule has 1 rings (SSSR count). The van der Waals surface area contributed by atoms with Gasteiger partial charge in [0.15, 0.2) is 0 Å². The molecule has 1 amide bonds. The second kappa shape index (κ2) is 7.28. The van der Waals surface area contributed by atoms with E-state index in [0.717, 1.165) is 4.90 Å². The van der Waals surface area contributed by atoms with E-state index >= 15 is 0 Å². The van der Waals surface area contributed by atoms with Gasteiger partial charge in [-0.25, -0.2) is 0 Å². The van der Waals surface area contributed by atoms with Gasteiger partial charge in [-0.05, 0) is 18.6 Å². The average Bonchev–Trinajstić information content (AvgIpc) is 2.45. The van der Waals surface area contributed by atoms with Crippen LogP contribution < -0.4 is 5.73 Å². The van der Waals surface area contributed by atoms with E-state index in [4.69, 9.17) is 5.73 Å². The van der Waals surface area contributed by atoms with Gasteiger partial charge in [-0.2, -0.15) is 0 Å². The monoisotopic (exact) mass is 294 g/mol. The van der Waals surface area contributed by atoms with Crippen LogP contribution in [0.2, 0.25) is 0 Å². The van der Waals surface area contributed by atoms with E-state index in [0.29, 0.717) is 5.56 Å². The van der Waals surface area contributed by atoms with Crippen molar-refractivity contribution in [2.75, 3.05) is 33.0 Å². The van der Waals surface area contributed by atoms with Crippen LogP contribution in [0.4, 0.5) is 5.69 Å². The number of aryl methyl sites for hydroxylation is 1. The normalized spacial score (nSPS) is 9.86. The molecule has 0 atom stereocenters. The summed E-state index contributed by atoms with van der Waals surface area (Å²) in [5, 5.41) is 0. The molecule has 0 heterocycles. The predicted octanol–water partition coefficient (Wildman–Crippen LogP) is 0.365. The molecule has 0 bridgehead atoms. The zero-order valence-corrected chi connectivity index (χ0v) is 12.2. The first-order valence-corrected chi connectivity index (χ1v) is 6.18. The largest absolute Gasteiger partial charge is 0.468 e. The summed E-state index contributed by atoms with van der Waals surface area (Å²) in [6.07, 6.45) is 0. The number of esters is 2. The first-order valence-electron chi connectivity index (χ1n) is 6.18. The maximum absolute atomic E-state index is 12.5. The summed E-state index contributed by atoms with van der Waals surface area (Å²) in [4.78, 5) is 36.4. The van der Waals surface area contributed by atoms with Crippen molar-refractivity contribution in [3.63, 3.8) is 0 Å². The van der Waals surface area contributed by atoms with E-state index in [2.05, 4.69) is 9.47 Å². The minimum absolute atomic E-state index is 0.255. The number of methoxy groups -OCH3 is 2. The van der Waals surface area contributed by atoms with Gasteiger partial charge in [-0.3, -0.25) is 14.4 Å². The van der Waals surface area contributed by atoms with Crippen molar-refractivity contribution in [1.82, 2.24) is 4.90 Å². The number of hydrogen-bond donors (Lipinski definition) is 1. The van der Waals surface area contributed by atoms with Crippen LogP contribution in [0.3, 0.4) is 0 Å². The number of benzene rings is 1. The molecule has 0 saturated carbocycles. The number of carbonyl (C=O) groups excluding carboxylic acids is 3. The highest BCUT2D eigenvalue weighted by Crippen LogP contribution is 2.18. The first-order chi connectivity index (χ1) is 9.90. The quantitative estimate of drug-likeness (QED) is 0.622. The standard InChI is InChI=1S/C14H18N2O5/c1-9-5-4-6-10(15)13(9)14(19)16(7-11(17)20-2)8-12(18)21-3/h4-6H,7-8,15H2,1-3H3. The Hall–Kier alpha value is -2.57. The van der Waals surface area contributed by atoms with Gasteiger partial charge in [-0.1, -0.05) is 12.1 Å². The van der Waals surface area contributed by atoms with Crippen LogP contribution in [0, 0.1) is 6.92 Å². The van der Waals surface area contributed by atoms with Gasteiger partial charge in [0.2, 0.25) is 0 Å². The van der Waals surface area contributed by atoms with E-state index in [1.165, 1.54) is 14.2 Å². The summed E-state index contributed by atoms with van der Waals surface area (Å²) in [5.41, 5.74) is 6.99. The summed E-state index contributed by atoms with van der Waals surface area (Å²) in [7, 11) is 2.40. The van der Waals surface area contributed by atoms with Crippen LogP contribution in [0.15, 0.2) is 18.2 Å². The van der Waals surface area contributed by atoms with Gasteiger partial charge in [-0.15, -0.1) is 0 Å². The molecule has 2 N–H and O–H groups in total. The Morgan fingerprint density at radius 2 is 1.62 bits per heavy atom. The molecule has 0 aliphatic rings. The number of anilines is 1. The van der Waals surface area contributed by atoms with Crippen LogP contribution in [0.1, 0.15) is 15.9 Å². The highest BCUT2D eigenvalue weighted by atomic mass is 16.5. The minimum Gasteiger partial charge on any atom is -0.468 e. The van der Waals surface area contributed by atoms with E-state index in [9.17, 15) is 14.4 Å². The minimum atomic E-state index is -0.639. The van der Waals surface area contributed by atoms with Crippen molar-refractivity contribution in [3.8, 4) is 0 Å². The van der Waals surface area contributed by atoms with Crippen molar-refractivity contribution in [2.24, 2.45) is 0 Å². The average molecular weight is 294 g/mol. The molecule has 0 aliphatic heterocycles. The maximum atomic E-state index is 12.5. The Morgan fingerprint density at radius 1 is 1.10 bits per heavy atom. The van der Waals surface area contributed by atoms with Gasteiger partial charge in [0.1, 0.15) is 13.1 Å². The van der Waals surface area contributed by atoms with Crippen LogP contribution in [-0.4, -0.2) is 50.1 Å². The van der Waals surface area contributed by atoms with Crippen LogP contribution in [-0.2, 0) is 19.1 Å². The SMILES string of the molecule is COC(=O)CN(CC(=O)OC)C(=O)c1c(C)cccc1N. The van der Waals surface area contributed by atoms with Gasteiger partial charge < -0.3 is 20.1 Å². The molecule has 1 aromatic carbocycles. The molecule has 0 radical (unpaired) electrons. The second-order valence-corrected chi connectivity index (χ2v) is 4.35. The van der Waals surface area contributed by atoms with Crippen molar-refractivity contribution >= 4 is 23.5 Å². The van der Waals surface area contributed by atoms with Gasteiger partial charge in [0.05, 0.1) is 19.8 Å². The van der Waals surface area contributed by atoms with Crippen LogP contribution in [0.5, 0.6) is 0 Å². The molecule has 0 spiro atoms. The number of carbonyl (C=O) groups is 3. The number of ether oxygens (including phenoxy) is 2. The third-order valence-corrected chi connectivity index (χ3v) is 2.90. The lowest BCUT2D eigenvalue weighted by Crippen LogP contribution is -2.40. The van der Waals surface area contributed by atoms with E-state index in [1.807, 2.05) is 0 Å². The summed E-state index contributed by atoms with van der Waals surface area (Å²) >= 11 is 0. The van der Waals surface area contributed by atoms with Crippen molar-refractivity contribution in [2.45, 2.75) is 6.92 Å². The summed E-state index contributed by atoms with van der Waals surface area (Å²) in [6.45, 7) is 0.995. The Bertz CT molecular complexity index is 518. The molecule has 1 aromatic rings. The molecule has 21 heavy (non-hydrogen) atoms. The lowest BCUT2D eigenvalue weighted by Gasteiger charge is -2.21. The first kappa shape index (κ1) is 16.5. The van der Waals surface area contributed by atoms with Crippen LogP contribution >= 0.6 is 0 Å². The third-order valence-electron chi connectivity index (χ3n) is 2.90. The Labute approximate surface area is 122 Å². The lowest BCUT2D eigenvalue weighted by atomic mass is 10.1. The maximum Gasteiger partial charge on any atom is 0.325 e. The zero-order chi connectivity index (χ0) is 16.0. The van der Waals surface area contributed by atoms with Crippen LogP contribution in [0.25, 0.3) is 0 Å². The number of hydrogen-bond acceptors (Lipinski definition) is 6. The van der Waals surface area contributed by atoms with Crippen molar-refractivity contribution in [3.05, 3.63) is 29.3 Å². The van der Waals surface area contributed by atoms with Crippen molar-refractivity contribution in [1.29, 1.82) is 0 Å². The number of nitrogens with zero attached hydrogens (tertiary/aromatic N) is 1. The Kier molecular flexibility index (Phi) is 5.71. The smallest absolute Gasteiger partial charge is 0.325 e. The van der Waals surface area contributed by atoms with Crippen molar-refractivity contribution < 1.29 is 23.9 Å². The molecule has 114 valence electrons. The number of nitrogens with two attached hydrogens (primary N) is 1. The fourth-order valence-corrected chi connectivity index (χ4v) is 1.78. The molecule has 0 aromatic heterocycles. The summed E-state index contributed by atoms with van der Waals surface area (Å²) < 4.78 is 9.05. The topological polar surface area (TPSA) is 98.9 Å². The molecule has 0 saturated heterocycles. The molecular formula is C14H18N2O5. The number of nitrogen functional groups attached to an aromatic ring is 1. The predicted molar refractivity (Wildman–Crippen MR) is 75.5 cm³/mol. The third kappa shape index (κ3) is 4.20. The summed E-state index contributed by atoms with van der Waals surface area (Å²) in [6, 6.07) is 5.01. The van der Waals surface area contributed by atoms with E-state index in [1.54, 1.807) is 25.1 Å². The molecule has 7 nitrogen and oxygen atoms in total. The second-order valence-electron chi connectivity index (χ2n) is 4.35. The molecular weight excluding hydrogens is 276 g/mol. The highest BCUT2D eigenvalue weighted by Gasteiger charge is 2.24. The summed E-state index contributed by atoms with van der Waals surface area (Å²) in [5.74, 6) is -1.81. The number of amides is 1. The zero-order valence-electron chi connectivity index (χ0n) is 12.2. The number of rotatable bonds is 5.